The van der Waals surface area contributed by atoms with Crippen LogP contribution in [0, 0.1) is 0 Å². The van der Waals surface area contributed by atoms with Gasteiger partial charge < -0.3 is 15.6 Å². The molecule has 1 aromatic carbocycles. The molecule has 7 heteroatoms. The number of anilines is 1. The molecule has 108 valence electrons. The largest absolute Gasteiger partial charge is 0.495 e. The molecule has 6 nitrogen and oxygen atoms in total. The highest BCUT2D eigenvalue weighted by Crippen LogP contribution is 2.24. The molecule has 1 rings (SSSR count). The van der Waals surface area contributed by atoms with Gasteiger partial charge in [-0.2, -0.15) is 0 Å². The molecule has 0 amide bonds. The Balaban J connectivity index is 2.96. The summed E-state index contributed by atoms with van der Waals surface area (Å²) in [5.41, 5.74) is 5.96. The van der Waals surface area contributed by atoms with Crippen LogP contribution < -0.4 is 15.2 Å². The predicted octanol–water partition coefficient (Wildman–Crippen LogP) is 0.717. The summed E-state index contributed by atoms with van der Waals surface area (Å²) >= 11 is 0. The molecule has 0 aliphatic heterocycles. The van der Waals surface area contributed by atoms with E-state index in [0.29, 0.717) is 18.6 Å². The van der Waals surface area contributed by atoms with Crippen LogP contribution in [-0.2, 0) is 10.0 Å². The van der Waals surface area contributed by atoms with Crippen molar-refractivity contribution in [3.05, 3.63) is 18.2 Å². The van der Waals surface area contributed by atoms with Gasteiger partial charge in [0, 0.05) is 12.6 Å². The van der Waals surface area contributed by atoms with Gasteiger partial charge in [0.2, 0.25) is 10.0 Å². The highest BCUT2D eigenvalue weighted by atomic mass is 32.2. The first-order valence-electron chi connectivity index (χ1n) is 6.01. The lowest BCUT2D eigenvalue weighted by molar-refractivity contribution is 0.270. The van der Waals surface area contributed by atoms with E-state index in [-0.39, 0.29) is 23.2 Å². The average molecular weight is 288 g/mol. The second kappa shape index (κ2) is 6.74. The molecular weight excluding hydrogens is 268 g/mol. The maximum atomic E-state index is 12.1. The van der Waals surface area contributed by atoms with E-state index in [0.717, 1.165) is 0 Å². The predicted molar refractivity (Wildman–Crippen MR) is 73.5 cm³/mol. The van der Waals surface area contributed by atoms with Crippen LogP contribution in [0.2, 0.25) is 0 Å². The zero-order valence-corrected chi connectivity index (χ0v) is 11.9. The van der Waals surface area contributed by atoms with Crippen molar-refractivity contribution in [3.63, 3.8) is 0 Å². The van der Waals surface area contributed by atoms with Crippen molar-refractivity contribution in [2.45, 2.75) is 30.7 Å². The summed E-state index contributed by atoms with van der Waals surface area (Å²) in [6, 6.07) is 4.01. The van der Waals surface area contributed by atoms with Gasteiger partial charge >= 0.3 is 0 Å². The number of nitrogens with one attached hydrogen (secondary N) is 1. The van der Waals surface area contributed by atoms with Gasteiger partial charge in [0.25, 0.3) is 0 Å². The number of benzene rings is 1. The summed E-state index contributed by atoms with van der Waals surface area (Å²) in [4.78, 5) is 0.0854. The Bertz CT molecular complexity index is 516. The maximum Gasteiger partial charge on any atom is 0.240 e. The molecule has 1 unspecified atom stereocenters. The van der Waals surface area contributed by atoms with Gasteiger partial charge in [0.05, 0.1) is 17.7 Å². The number of hydrogen-bond acceptors (Lipinski definition) is 5. The number of methoxy groups -OCH3 is 1. The third-order valence-electron chi connectivity index (χ3n) is 2.80. The van der Waals surface area contributed by atoms with Crippen LogP contribution >= 0.6 is 0 Å². The van der Waals surface area contributed by atoms with E-state index in [9.17, 15) is 8.42 Å². The fourth-order valence-electron chi connectivity index (χ4n) is 1.67. The zero-order valence-electron chi connectivity index (χ0n) is 11.1. The molecule has 0 radical (unpaired) electrons. The summed E-state index contributed by atoms with van der Waals surface area (Å²) in [5, 5.41) is 8.88. The number of hydrogen-bond donors (Lipinski definition) is 3. The Hall–Kier alpha value is -1.31. The standard InChI is InChI=1S/C12H20N2O4S/c1-3-9(6-7-15)14-19(16,17)10-4-5-12(18-2)11(13)8-10/h4-5,8-9,14-15H,3,6-7,13H2,1-2H3. The van der Waals surface area contributed by atoms with Crippen molar-refractivity contribution in [1.82, 2.24) is 4.72 Å². The fourth-order valence-corrected chi connectivity index (χ4v) is 3.06. The number of rotatable bonds is 7. The van der Waals surface area contributed by atoms with Gasteiger partial charge in [-0.05, 0) is 31.0 Å². The van der Waals surface area contributed by atoms with Crippen LogP contribution in [0.15, 0.2) is 23.1 Å². The second-order valence-corrected chi connectivity index (χ2v) is 5.86. The first-order valence-corrected chi connectivity index (χ1v) is 7.49. The van der Waals surface area contributed by atoms with E-state index in [1.165, 1.54) is 25.3 Å². The molecule has 1 aromatic rings. The van der Waals surface area contributed by atoms with Crippen molar-refractivity contribution < 1.29 is 18.3 Å². The maximum absolute atomic E-state index is 12.1. The van der Waals surface area contributed by atoms with Crippen molar-refractivity contribution in [3.8, 4) is 5.75 Å². The van der Waals surface area contributed by atoms with Crippen LogP contribution in [0.4, 0.5) is 5.69 Å². The molecule has 0 spiro atoms. The molecule has 0 aliphatic carbocycles. The minimum absolute atomic E-state index is 0.0637. The number of aliphatic hydroxyl groups is 1. The van der Waals surface area contributed by atoms with E-state index in [2.05, 4.69) is 4.72 Å². The quantitative estimate of drug-likeness (QED) is 0.642. The number of aliphatic hydroxyl groups excluding tert-OH is 1. The van der Waals surface area contributed by atoms with Crippen LogP contribution in [0.25, 0.3) is 0 Å². The lowest BCUT2D eigenvalue weighted by atomic mass is 10.2. The minimum Gasteiger partial charge on any atom is -0.495 e. The third-order valence-corrected chi connectivity index (χ3v) is 4.32. The van der Waals surface area contributed by atoms with Gasteiger partial charge in [-0.1, -0.05) is 6.92 Å². The van der Waals surface area contributed by atoms with Gasteiger partial charge in [-0.25, -0.2) is 13.1 Å². The molecule has 0 bridgehead atoms. The molecule has 1 atom stereocenters. The van der Waals surface area contributed by atoms with Crippen molar-refractivity contribution in [2.24, 2.45) is 0 Å². The Kier molecular flexibility index (Phi) is 5.59. The van der Waals surface area contributed by atoms with Crippen molar-refractivity contribution in [2.75, 3.05) is 19.5 Å². The molecule has 0 heterocycles. The molecule has 0 saturated carbocycles. The third kappa shape index (κ3) is 4.09. The highest BCUT2D eigenvalue weighted by Gasteiger charge is 2.19. The van der Waals surface area contributed by atoms with E-state index >= 15 is 0 Å². The van der Waals surface area contributed by atoms with E-state index < -0.39 is 10.0 Å². The number of nitrogen functional groups attached to an aromatic ring is 1. The number of sulfonamides is 1. The molecule has 4 N–H and O–H groups in total. The van der Waals surface area contributed by atoms with Crippen LogP contribution in [0.3, 0.4) is 0 Å². The van der Waals surface area contributed by atoms with Crippen LogP contribution in [0.5, 0.6) is 5.75 Å². The summed E-state index contributed by atoms with van der Waals surface area (Å²) in [5.74, 6) is 0.432. The monoisotopic (exact) mass is 288 g/mol. The normalized spacial score (nSPS) is 13.2. The number of ether oxygens (including phenoxy) is 1. The molecular formula is C12H20N2O4S. The van der Waals surface area contributed by atoms with E-state index in [1.807, 2.05) is 6.92 Å². The summed E-state index contributed by atoms with van der Waals surface area (Å²) in [6.07, 6.45) is 0.979. The fraction of sp³-hybridized carbons (Fsp3) is 0.500. The molecule has 19 heavy (non-hydrogen) atoms. The Morgan fingerprint density at radius 2 is 2.16 bits per heavy atom. The van der Waals surface area contributed by atoms with Crippen LogP contribution in [-0.4, -0.2) is 33.3 Å². The average Bonchev–Trinajstić information content (AvgIpc) is 2.37. The summed E-state index contributed by atoms with van der Waals surface area (Å²) < 4.78 is 31.8. The lowest BCUT2D eigenvalue weighted by Crippen LogP contribution is -2.35. The molecule has 0 fully saturated rings. The highest BCUT2D eigenvalue weighted by molar-refractivity contribution is 7.89. The Morgan fingerprint density at radius 3 is 2.63 bits per heavy atom. The Morgan fingerprint density at radius 1 is 1.47 bits per heavy atom. The number of nitrogens with two attached hydrogens (primary N) is 1. The van der Waals surface area contributed by atoms with Gasteiger partial charge in [-0.3, -0.25) is 0 Å². The summed E-state index contributed by atoms with van der Waals surface area (Å²) in [6.45, 7) is 1.79. The van der Waals surface area contributed by atoms with E-state index in [1.54, 1.807) is 0 Å². The molecule has 0 aromatic heterocycles. The van der Waals surface area contributed by atoms with E-state index in [4.69, 9.17) is 15.6 Å². The van der Waals surface area contributed by atoms with Gasteiger partial charge in [-0.15, -0.1) is 0 Å². The van der Waals surface area contributed by atoms with Crippen LogP contribution in [0.1, 0.15) is 19.8 Å². The van der Waals surface area contributed by atoms with Crippen molar-refractivity contribution in [1.29, 1.82) is 0 Å². The first-order chi connectivity index (χ1) is 8.94. The Labute approximate surface area is 113 Å². The first kappa shape index (κ1) is 15.7. The lowest BCUT2D eigenvalue weighted by Gasteiger charge is -2.16. The zero-order chi connectivity index (χ0) is 14.5. The smallest absolute Gasteiger partial charge is 0.240 e. The van der Waals surface area contributed by atoms with Crippen molar-refractivity contribution >= 4 is 15.7 Å². The molecule has 0 saturated heterocycles. The topological polar surface area (TPSA) is 102 Å². The second-order valence-electron chi connectivity index (χ2n) is 4.14. The minimum atomic E-state index is -3.64. The molecule has 0 aliphatic rings. The van der Waals surface area contributed by atoms with Gasteiger partial charge in [0.15, 0.2) is 0 Å². The summed E-state index contributed by atoms with van der Waals surface area (Å²) in [7, 11) is -2.17. The SMILES string of the molecule is CCC(CCO)NS(=O)(=O)c1ccc(OC)c(N)c1. The van der Waals surface area contributed by atoms with Gasteiger partial charge in [0.1, 0.15) is 5.75 Å².